The first-order chi connectivity index (χ1) is 9.56. The summed E-state index contributed by atoms with van der Waals surface area (Å²) in [6.45, 7) is 0. The van der Waals surface area contributed by atoms with E-state index in [0.29, 0.717) is 11.5 Å². The number of anilines is 1. The van der Waals surface area contributed by atoms with E-state index in [2.05, 4.69) is 15.4 Å². The van der Waals surface area contributed by atoms with Crippen LogP contribution >= 0.6 is 0 Å². The summed E-state index contributed by atoms with van der Waals surface area (Å²) in [6.07, 6.45) is 2.75. The summed E-state index contributed by atoms with van der Waals surface area (Å²) in [5, 5.41) is 34.6. The number of nitrogens with one attached hydrogen (secondary N) is 1. The largest absolute Gasteiger partial charge is 0.504 e. The van der Waals surface area contributed by atoms with Crippen LogP contribution in [0.25, 0.3) is 0 Å². The van der Waals surface area contributed by atoms with Gasteiger partial charge in [-0.3, -0.25) is 0 Å². The van der Waals surface area contributed by atoms with E-state index in [1.165, 1.54) is 29.2 Å². The van der Waals surface area contributed by atoms with Crippen molar-refractivity contribution in [3.05, 3.63) is 41.9 Å². The number of nitrogens with zero attached hydrogens (tertiary/aromatic N) is 3. The van der Waals surface area contributed by atoms with E-state index in [4.69, 9.17) is 5.11 Å². The number of rotatable bonds is 2. The fourth-order valence-corrected chi connectivity index (χ4v) is 2.02. The Hall–Kier alpha value is -3.03. The van der Waals surface area contributed by atoms with Gasteiger partial charge in [-0.1, -0.05) is 6.07 Å². The van der Waals surface area contributed by atoms with Crippen molar-refractivity contribution in [2.45, 2.75) is 6.04 Å². The van der Waals surface area contributed by atoms with Gasteiger partial charge in [0, 0.05) is 0 Å². The first-order valence-electron chi connectivity index (χ1n) is 5.70. The minimum absolute atomic E-state index is 0.0249. The zero-order valence-corrected chi connectivity index (χ0v) is 10.1. The second kappa shape index (κ2) is 4.26. The maximum atomic E-state index is 11.1. The zero-order chi connectivity index (χ0) is 14.3. The molecule has 1 atom stereocenters. The zero-order valence-electron chi connectivity index (χ0n) is 10.1. The molecule has 3 rings (SSSR count). The molecule has 8 nitrogen and oxygen atoms in total. The SMILES string of the molecule is O=C(O)C1=C[C@@H](c2ccc(O)c(O)c2)n2ncnc2N1. The van der Waals surface area contributed by atoms with Crippen molar-refractivity contribution in [2.24, 2.45) is 0 Å². The third-order valence-corrected chi connectivity index (χ3v) is 2.98. The summed E-state index contributed by atoms with van der Waals surface area (Å²) in [6, 6.07) is 3.72. The molecule has 0 saturated carbocycles. The summed E-state index contributed by atoms with van der Waals surface area (Å²) < 4.78 is 1.48. The Morgan fingerprint density at radius 2 is 2.10 bits per heavy atom. The first-order valence-corrected chi connectivity index (χ1v) is 5.70. The lowest BCUT2D eigenvalue weighted by atomic mass is 10.0. The Morgan fingerprint density at radius 3 is 2.80 bits per heavy atom. The van der Waals surface area contributed by atoms with Crippen molar-refractivity contribution in [3.8, 4) is 11.5 Å². The van der Waals surface area contributed by atoms with Crippen LogP contribution in [0.1, 0.15) is 11.6 Å². The Balaban J connectivity index is 2.11. The van der Waals surface area contributed by atoms with Gasteiger partial charge in [0.15, 0.2) is 11.5 Å². The Morgan fingerprint density at radius 1 is 1.30 bits per heavy atom. The fraction of sp³-hybridized carbons (Fsp3) is 0.0833. The van der Waals surface area contributed by atoms with Crippen LogP contribution in [0.2, 0.25) is 0 Å². The molecule has 2 heterocycles. The molecule has 0 saturated heterocycles. The van der Waals surface area contributed by atoms with Crippen LogP contribution in [0.3, 0.4) is 0 Å². The lowest BCUT2D eigenvalue weighted by Crippen LogP contribution is -2.24. The standard InChI is InChI=1S/C12H10N4O4/c17-9-2-1-6(3-10(9)18)8-4-7(11(19)20)15-12-13-5-14-16(8)12/h1-5,8,17-18H,(H,19,20)(H,13,14,15)/t8-/m0/s1. The highest BCUT2D eigenvalue weighted by Gasteiger charge is 2.25. The number of phenols is 2. The van der Waals surface area contributed by atoms with Gasteiger partial charge >= 0.3 is 5.97 Å². The highest BCUT2D eigenvalue weighted by Crippen LogP contribution is 2.33. The summed E-state index contributed by atoms with van der Waals surface area (Å²) in [5.41, 5.74) is 0.551. The van der Waals surface area contributed by atoms with Crippen molar-refractivity contribution in [3.63, 3.8) is 0 Å². The number of carboxylic acid groups (broad SMARTS) is 1. The Labute approximate surface area is 112 Å². The monoisotopic (exact) mass is 274 g/mol. The topological polar surface area (TPSA) is 120 Å². The van der Waals surface area contributed by atoms with Gasteiger partial charge in [0.05, 0.1) is 0 Å². The summed E-state index contributed by atoms with van der Waals surface area (Å²) in [4.78, 5) is 15.0. The van der Waals surface area contributed by atoms with Crippen LogP contribution in [-0.4, -0.2) is 36.1 Å². The highest BCUT2D eigenvalue weighted by atomic mass is 16.4. The summed E-state index contributed by atoms with van der Waals surface area (Å²) in [5.74, 6) is -1.35. The number of hydrogen-bond acceptors (Lipinski definition) is 6. The normalized spacial score (nSPS) is 17.0. The number of aromatic nitrogens is 3. The lowest BCUT2D eigenvalue weighted by Gasteiger charge is -2.22. The molecule has 1 aliphatic heterocycles. The number of aliphatic carboxylic acids is 1. The molecule has 0 spiro atoms. The number of aromatic hydroxyl groups is 2. The quantitative estimate of drug-likeness (QED) is 0.594. The third-order valence-electron chi connectivity index (χ3n) is 2.98. The number of phenolic OH excluding ortho intramolecular Hbond substituents is 2. The molecule has 1 aromatic carbocycles. The average Bonchev–Trinajstić information content (AvgIpc) is 2.89. The molecule has 8 heteroatoms. The Bertz CT molecular complexity index is 722. The van der Waals surface area contributed by atoms with Gasteiger partial charge in [-0.2, -0.15) is 10.1 Å². The molecule has 0 aliphatic carbocycles. The van der Waals surface area contributed by atoms with E-state index >= 15 is 0 Å². The van der Waals surface area contributed by atoms with Gasteiger partial charge in [0.1, 0.15) is 18.1 Å². The maximum Gasteiger partial charge on any atom is 0.352 e. The smallest absolute Gasteiger partial charge is 0.352 e. The highest BCUT2D eigenvalue weighted by molar-refractivity contribution is 5.90. The molecule has 1 aliphatic rings. The molecule has 0 amide bonds. The number of carbonyl (C=O) groups is 1. The van der Waals surface area contributed by atoms with E-state index in [1.54, 1.807) is 6.07 Å². The van der Waals surface area contributed by atoms with Gasteiger partial charge in [0.25, 0.3) is 0 Å². The minimum atomic E-state index is -1.12. The molecule has 4 N–H and O–H groups in total. The number of carboxylic acids is 1. The number of benzene rings is 1. The van der Waals surface area contributed by atoms with Crippen molar-refractivity contribution < 1.29 is 20.1 Å². The fourth-order valence-electron chi connectivity index (χ4n) is 2.02. The van der Waals surface area contributed by atoms with E-state index in [-0.39, 0.29) is 17.2 Å². The summed E-state index contributed by atoms with van der Waals surface area (Å²) >= 11 is 0. The first kappa shape index (κ1) is 12.0. The van der Waals surface area contributed by atoms with Crippen molar-refractivity contribution in [2.75, 3.05) is 5.32 Å². The second-order valence-electron chi connectivity index (χ2n) is 4.23. The molecular weight excluding hydrogens is 264 g/mol. The van der Waals surface area contributed by atoms with Crippen LogP contribution in [0, 0.1) is 0 Å². The predicted molar refractivity (Wildman–Crippen MR) is 67.3 cm³/mol. The van der Waals surface area contributed by atoms with E-state index < -0.39 is 12.0 Å². The van der Waals surface area contributed by atoms with Crippen LogP contribution in [0.4, 0.5) is 5.95 Å². The molecule has 102 valence electrons. The molecule has 0 bridgehead atoms. The number of allylic oxidation sites excluding steroid dienone is 1. The third kappa shape index (κ3) is 1.83. The predicted octanol–water partition coefficient (Wildman–Crippen LogP) is 0.673. The van der Waals surface area contributed by atoms with Gasteiger partial charge in [-0.15, -0.1) is 0 Å². The number of hydrogen-bond donors (Lipinski definition) is 4. The van der Waals surface area contributed by atoms with Crippen LogP contribution < -0.4 is 5.32 Å². The van der Waals surface area contributed by atoms with Crippen LogP contribution in [-0.2, 0) is 4.79 Å². The van der Waals surface area contributed by atoms with Crippen LogP contribution in [0.15, 0.2) is 36.3 Å². The van der Waals surface area contributed by atoms with Crippen molar-refractivity contribution in [1.82, 2.24) is 14.8 Å². The summed E-state index contributed by atoms with van der Waals surface area (Å²) in [7, 11) is 0. The van der Waals surface area contributed by atoms with Crippen molar-refractivity contribution in [1.29, 1.82) is 0 Å². The Kier molecular flexibility index (Phi) is 2.56. The van der Waals surface area contributed by atoms with Gasteiger partial charge in [-0.25, -0.2) is 9.48 Å². The molecule has 1 aromatic heterocycles. The van der Waals surface area contributed by atoms with E-state index in [1.807, 2.05) is 0 Å². The lowest BCUT2D eigenvalue weighted by molar-refractivity contribution is -0.132. The molecule has 2 aromatic rings. The second-order valence-corrected chi connectivity index (χ2v) is 4.23. The minimum Gasteiger partial charge on any atom is -0.504 e. The van der Waals surface area contributed by atoms with E-state index in [0.717, 1.165) is 0 Å². The van der Waals surface area contributed by atoms with Gasteiger partial charge < -0.3 is 20.6 Å². The average molecular weight is 274 g/mol. The molecule has 20 heavy (non-hydrogen) atoms. The maximum absolute atomic E-state index is 11.1. The van der Waals surface area contributed by atoms with Gasteiger partial charge in [0.2, 0.25) is 5.95 Å². The van der Waals surface area contributed by atoms with Crippen LogP contribution in [0.5, 0.6) is 11.5 Å². The molecule has 0 radical (unpaired) electrons. The molecule has 0 fully saturated rings. The molecular formula is C12H10N4O4. The molecule has 0 unspecified atom stereocenters. The van der Waals surface area contributed by atoms with Gasteiger partial charge in [-0.05, 0) is 23.8 Å². The number of fused-ring (bicyclic) bond motifs is 1. The van der Waals surface area contributed by atoms with Crippen molar-refractivity contribution >= 4 is 11.9 Å². The van der Waals surface area contributed by atoms with E-state index in [9.17, 15) is 15.0 Å².